The van der Waals surface area contributed by atoms with E-state index < -0.39 is 0 Å². The van der Waals surface area contributed by atoms with Gasteiger partial charge in [0, 0.05) is 17.4 Å². The van der Waals surface area contributed by atoms with Crippen LogP contribution in [0.1, 0.15) is 106 Å². The minimum atomic E-state index is -0.267. The number of hydrogen-bond acceptors (Lipinski definition) is 3. The number of carbonyl (C=O) groups excluding carboxylic acids is 2. The fourth-order valence-corrected chi connectivity index (χ4v) is 12.3. The van der Waals surface area contributed by atoms with Gasteiger partial charge >= 0.3 is 5.97 Å². The average molecular weight is 535 g/mol. The van der Waals surface area contributed by atoms with Crippen molar-refractivity contribution < 1.29 is 14.3 Å². The first kappa shape index (κ1) is 28.9. The number of rotatable bonds is 5. The highest BCUT2D eigenvalue weighted by Crippen LogP contribution is 2.77. The minimum absolute atomic E-state index is 0.0700. The highest BCUT2D eigenvalue weighted by Gasteiger charge is 2.71. The molecule has 5 saturated carbocycles. The van der Waals surface area contributed by atoms with E-state index in [0.29, 0.717) is 35.4 Å². The van der Waals surface area contributed by atoms with E-state index in [1.165, 1.54) is 44.8 Å². The van der Waals surface area contributed by atoms with E-state index in [0.717, 1.165) is 32.1 Å². The quantitative estimate of drug-likeness (QED) is 0.201. The smallest absolute Gasteiger partial charge is 0.330 e. The Bertz CT molecular complexity index is 1080. The predicted molar refractivity (Wildman–Crippen MR) is 159 cm³/mol. The predicted octanol–water partition coefficient (Wildman–Crippen LogP) is 8.74. The summed E-state index contributed by atoms with van der Waals surface area (Å²) in [6, 6.07) is 0. The van der Waals surface area contributed by atoms with E-state index in [9.17, 15) is 9.59 Å². The summed E-state index contributed by atoms with van der Waals surface area (Å²) in [5, 5.41) is 0. The molecule has 4 unspecified atom stereocenters. The fourth-order valence-electron chi connectivity index (χ4n) is 12.3. The Morgan fingerprint density at radius 2 is 1.69 bits per heavy atom. The maximum absolute atomic E-state index is 13.7. The van der Waals surface area contributed by atoms with Crippen LogP contribution in [0.4, 0.5) is 0 Å². The Kier molecular flexibility index (Phi) is 7.00. The first-order valence-corrected chi connectivity index (χ1v) is 15.8. The number of ether oxygens (including phenoxy) is 1. The van der Waals surface area contributed by atoms with E-state index in [1.807, 2.05) is 6.08 Å². The molecule has 0 aromatic carbocycles. The average Bonchev–Trinajstić information content (AvgIpc) is 3.26. The van der Waals surface area contributed by atoms with Gasteiger partial charge in [0.05, 0.1) is 7.11 Å². The standard InChI is InChI=1S/C36H54O3/c1-10-11-24-22-33(6)27(32(4,5)31(24)38)15-17-35(8)28(33)13-12-26-30-25(23(2)3)14-18-36(30,19-16-29(37)39-9)21-20-34(26,35)7/h10,16,19,24-28,30H,1-2,11-15,17-18,20-22H2,3-9H3/b19-16+/t24-,25-,26?,27?,28?,30?,33-,34+,35+,36-/m0/s1. The van der Waals surface area contributed by atoms with Crippen LogP contribution in [-0.4, -0.2) is 18.9 Å². The molecular weight excluding hydrogens is 480 g/mol. The second-order valence-corrected chi connectivity index (χ2v) is 15.8. The minimum Gasteiger partial charge on any atom is -0.466 e. The maximum Gasteiger partial charge on any atom is 0.330 e. The van der Waals surface area contributed by atoms with Gasteiger partial charge in [-0.15, -0.1) is 6.58 Å². The Labute approximate surface area is 238 Å². The van der Waals surface area contributed by atoms with Gasteiger partial charge in [0.1, 0.15) is 5.78 Å². The van der Waals surface area contributed by atoms with Gasteiger partial charge in [-0.05, 0) is 122 Å². The highest BCUT2D eigenvalue weighted by molar-refractivity contribution is 5.88. The molecule has 3 nitrogen and oxygen atoms in total. The number of esters is 1. The van der Waals surface area contributed by atoms with E-state index in [1.54, 1.807) is 6.08 Å². The van der Waals surface area contributed by atoms with E-state index in [4.69, 9.17) is 4.74 Å². The number of allylic oxidation sites excluding steroid dienone is 3. The Morgan fingerprint density at radius 1 is 0.974 bits per heavy atom. The Morgan fingerprint density at radius 3 is 2.33 bits per heavy atom. The van der Waals surface area contributed by atoms with Crippen LogP contribution >= 0.6 is 0 Å². The Balaban J connectivity index is 1.55. The molecule has 10 atom stereocenters. The van der Waals surface area contributed by atoms with E-state index in [2.05, 4.69) is 60.8 Å². The molecule has 0 radical (unpaired) electrons. The molecule has 0 bridgehead atoms. The second kappa shape index (κ2) is 9.45. The van der Waals surface area contributed by atoms with Gasteiger partial charge in [-0.25, -0.2) is 4.79 Å². The van der Waals surface area contributed by atoms with Crippen molar-refractivity contribution >= 4 is 11.8 Å². The van der Waals surface area contributed by atoms with Gasteiger partial charge in [-0.2, -0.15) is 0 Å². The zero-order valence-electron chi connectivity index (χ0n) is 25.9. The molecule has 0 aliphatic heterocycles. The summed E-state index contributed by atoms with van der Waals surface area (Å²) in [6.07, 6.45) is 17.4. The second-order valence-electron chi connectivity index (χ2n) is 15.8. The third-order valence-electron chi connectivity index (χ3n) is 14.2. The summed E-state index contributed by atoms with van der Waals surface area (Å²) in [7, 11) is 1.48. The summed E-state index contributed by atoms with van der Waals surface area (Å²) in [5.41, 5.74) is 1.79. The molecule has 3 heteroatoms. The zero-order valence-corrected chi connectivity index (χ0v) is 25.9. The number of methoxy groups -OCH3 is 1. The van der Waals surface area contributed by atoms with Crippen molar-refractivity contribution in [3.05, 3.63) is 37.0 Å². The van der Waals surface area contributed by atoms with Crippen molar-refractivity contribution in [2.75, 3.05) is 7.11 Å². The fraction of sp³-hybridized carbons (Fsp3) is 0.778. The molecule has 0 aromatic rings. The molecule has 5 fully saturated rings. The van der Waals surface area contributed by atoms with E-state index >= 15 is 0 Å². The molecule has 0 heterocycles. The number of ketones is 1. The van der Waals surface area contributed by atoms with Gasteiger partial charge in [0.25, 0.3) is 0 Å². The topological polar surface area (TPSA) is 43.4 Å². The lowest BCUT2D eigenvalue weighted by atomic mass is 9.32. The van der Waals surface area contributed by atoms with Crippen molar-refractivity contribution in [2.24, 2.45) is 62.6 Å². The monoisotopic (exact) mass is 534 g/mol. The molecule has 216 valence electrons. The summed E-state index contributed by atoms with van der Waals surface area (Å²) in [5.74, 6) is 3.12. The normalized spacial score (nSPS) is 48.4. The molecule has 0 amide bonds. The number of carbonyl (C=O) groups is 2. The molecule has 0 spiro atoms. The van der Waals surface area contributed by atoms with Crippen molar-refractivity contribution in [3.63, 3.8) is 0 Å². The number of Topliss-reactive ketones (excluding diaryl/α,β-unsaturated/α-hetero) is 1. The van der Waals surface area contributed by atoms with Crippen molar-refractivity contribution in [1.82, 2.24) is 0 Å². The molecule has 0 aromatic heterocycles. The molecule has 5 aliphatic carbocycles. The SMILES string of the molecule is C=CC[C@H]1C[C@@]2(C)C(CC[C@]3(C)C2CCC2C4[C@H](C(=C)C)CC[C@]4(/C=C/C(=O)OC)CC[C@]23C)C(C)(C)C1=O. The van der Waals surface area contributed by atoms with Crippen LogP contribution in [0.5, 0.6) is 0 Å². The van der Waals surface area contributed by atoms with Gasteiger partial charge in [-0.1, -0.05) is 58.9 Å². The molecule has 5 rings (SSSR count). The number of hydrogen-bond donors (Lipinski definition) is 0. The van der Waals surface area contributed by atoms with Crippen molar-refractivity contribution in [3.8, 4) is 0 Å². The lowest BCUT2D eigenvalue weighted by Crippen LogP contribution is -2.67. The van der Waals surface area contributed by atoms with Crippen LogP contribution in [0.15, 0.2) is 37.0 Å². The van der Waals surface area contributed by atoms with Gasteiger partial charge < -0.3 is 4.74 Å². The lowest BCUT2D eigenvalue weighted by molar-refractivity contribution is -0.234. The molecule has 5 aliphatic rings. The van der Waals surface area contributed by atoms with Crippen LogP contribution in [-0.2, 0) is 14.3 Å². The van der Waals surface area contributed by atoms with Gasteiger partial charge in [0.15, 0.2) is 0 Å². The summed E-state index contributed by atoms with van der Waals surface area (Å²) in [6.45, 7) is 23.1. The lowest BCUT2D eigenvalue weighted by Gasteiger charge is -2.72. The maximum atomic E-state index is 13.7. The highest BCUT2D eigenvalue weighted by atomic mass is 16.5. The third kappa shape index (κ3) is 3.87. The third-order valence-corrected chi connectivity index (χ3v) is 14.2. The van der Waals surface area contributed by atoms with Crippen LogP contribution in [0.25, 0.3) is 0 Å². The summed E-state index contributed by atoms with van der Waals surface area (Å²) in [4.78, 5) is 25.9. The van der Waals surface area contributed by atoms with Crippen LogP contribution in [0, 0.1) is 62.6 Å². The summed E-state index contributed by atoms with van der Waals surface area (Å²) < 4.78 is 5.01. The van der Waals surface area contributed by atoms with Crippen molar-refractivity contribution in [2.45, 2.75) is 106 Å². The first-order chi connectivity index (χ1) is 18.2. The van der Waals surface area contributed by atoms with Gasteiger partial charge in [-0.3, -0.25) is 4.79 Å². The molecule has 39 heavy (non-hydrogen) atoms. The van der Waals surface area contributed by atoms with Crippen LogP contribution in [0.2, 0.25) is 0 Å². The first-order valence-electron chi connectivity index (χ1n) is 15.8. The zero-order chi connectivity index (χ0) is 28.6. The van der Waals surface area contributed by atoms with Gasteiger partial charge in [0.2, 0.25) is 0 Å². The van der Waals surface area contributed by atoms with E-state index in [-0.39, 0.29) is 39.0 Å². The van der Waals surface area contributed by atoms with Crippen molar-refractivity contribution in [1.29, 1.82) is 0 Å². The summed E-state index contributed by atoms with van der Waals surface area (Å²) >= 11 is 0. The largest absolute Gasteiger partial charge is 0.466 e. The van der Waals surface area contributed by atoms with Crippen LogP contribution in [0.3, 0.4) is 0 Å². The molecular formula is C36H54O3. The molecule has 0 N–H and O–H groups in total. The number of fused-ring (bicyclic) bond motifs is 7. The molecule has 0 saturated heterocycles. The van der Waals surface area contributed by atoms with Crippen LogP contribution < -0.4 is 0 Å². The Hall–Kier alpha value is -1.64.